The zero-order chi connectivity index (χ0) is 29.1. The van der Waals surface area contributed by atoms with Crippen molar-refractivity contribution in [3.63, 3.8) is 0 Å². The molecule has 0 saturated heterocycles. The molecule has 0 heteroatoms. The fraction of sp³-hybridized carbons (Fsp3) is 0.415. The first kappa shape index (κ1) is 32.4. The molecule has 0 spiro atoms. The summed E-state index contributed by atoms with van der Waals surface area (Å²) in [6.07, 6.45) is 11.4. The Kier molecular flexibility index (Phi) is 15.1. The van der Waals surface area contributed by atoms with Gasteiger partial charge in [0, 0.05) is 0 Å². The summed E-state index contributed by atoms with van der Waals surface area (Å²) < 4.78 is 0. The molecule has 0 aliphatic carbocycles. The van der Waals surface area contributed by atoms with E-state index in [4.69, 9.17) is 0 Å². The van der Waals surface area contributed by atoms with Gasteiger partial charge < -0.3 is 0 Å². The highest BCUT2D eigenvalue weighted by atomic mass is 14.2. The summed E-state index contributed by atoms with van der Waals surface area (Å²) in [5, 5.41) is 0. The Morgan fingerprint density at radius 2 is 0.683 bits per heavy atom. The molecule has 0 aliphatic rings. The van der Waals surface area contributed by atoms with E-state index in [1.54, 1.807) is 0 Å². The van der Waals surface area contributed by atoms with E-state index in [-0.39, 0.29) is 0 Å². The maximum absolute atomic E-state index is 2.36. The van der Waals surface area contributed by atoms with Crippen LogP contribution in [0.3, 0.4) is 0 Å². The molecule has 0 aliphatic heterocycles. The second kappa shape index (κ2) is 19.1. The molecular formula is C41H54. The van der Waals surface area contributed by atoms with Gasteiger partial charge in [-0.05, 0) is 104 Å². The van der Waals surface area contributed by atoms with Crippen LogP contribution in [0.4, 0.5) is 0 Å². The second-order valence-electron chi connectivity index (χ2n) is 12.6. The number of hydrogen-bond acceptors (Lipinski definition) is 0. The Labute approximate surface area is 252 Å². The monoisotopic (exact) mass is 546 g/mol. The summed E-state index contributed by atoms with van der Waals surface area (Å²) in [5.74, 6) is 3.21. The zero-order valence-corrected chi connectivity index (χ0v) is 26.2. The summed E-state index contributed by atoms with van der Waals surface area (Å²) in [7, 11) is 0. The topological polar surface area (TPSA) is 0 Å². The third-order valence-electron chi connectivity index (χ3n) is 8.41. The van der Waals surface area contributed by atoms with Gasteiger partial charge in [0.05, 0.1) is 0 Å². The molecule has 0 nitrogen and oxygen atoms in total. The Morgan fingerprint density at radius 1 is 0.390 bits per heavy atom. The minimum atomic E-state index is 0.766. The second-order valence-corrected chi connectivity index (χ2v) is 12.6. The van der Waals surface area contributed by atoms with E-state index in [0.717, 1.165) is 23.7 Å². The molecule has 0 amide bonds. The van der Waals surface area contributed by atoms with Gasteiger partial charge in [0.1, 0.15) is 0 Å². The highest BCUT2D eigenvalue weighted by molar-refractivity contribution is 5.17. The van der Waals surface area contributed by atoms with Crippen LogP contribution in [0.15, 0.2) is 121 Å². The molecule has 218 valence electrons. The number of rotatable bonds is 15. The van der Waals surface area contributed by atoms with Crippen molar-refractivity contribution in [3.05, 3.63) is 144 Å². The highest BCUT2D eigenvalue weighted by Gasteiger charge is 2.14. The number of aryl methyl sites for hydroxylation is 4. The van der Waals surface area contributed by atoms with Crippen LogP contribution in [0.2, 0.25) is 0 Å². The van der Waals surface area contributed by atoms with E-state index in [0.29, 0.717) is 0 Å². The molecule has 0 N–H and O–H groups in total. The normalized spacial score (nSPS) is 11.2. The third-order valence-corrected chi connectivity index (χ3v) is 8.41. The molecule has 4 rings (SSSR count). The molecule has 0 fully saturated rings. The van der Waals surface area contributed by atoms with E-state index in [1.807, 2.05) is 0 Å². The summed E-state index contributed by atoms with van der Waals surface area (Å²) in [6.45, 7) is 9.41. The molecule has 0 radical (unpaired) electrons. The molecule has 0 atom stereocenters. The van der Waals surface area contributed by atoms with Crippen molar-refractivity contribution < 1.29 is 0 Å². The predicted octanol–water partition coefficient (Wildman–Crippen LogP) is 11.4. The molecule has 0 unspecified atom stereocenters. The molecule has 0 saturated carbocycles. The van der Waals surface area contributed by atoms with Gasteiger partial charge in [-0.2, -0.15) is 0 Å². The average molecular weight is 547 g/mol. The van der Waals surface area contributed by atoms with Crippen molar-refractivity contribution in [1.82, 2.24) is 0 Å². The molecule has 41 heavy (non-hydrogen) atoms. The average Bonchev–Trinajstić information content (AvgIpc) is 3.00. The van der Waals surface area contributed by atoms with Crippen molar-refractivity contribution in [2.75, 3.05) is 0 Å². The quantitative estimate of drug-likeness (QED) is 0.139. The van der Waals surface area contributed by atoms with Gasteiger partial charge in [0.15, 0.2) is 0 Å². The van der Waals surface area contributed by atoms with Crippen LogP contribution < -0.4 is 0 Å². The van der Waals surface area contributed by atoms with Crippen LogP contribution in [0.25, 0.3) is 0 Å². The van der Waals surface area contributed by atoms with Crippen LogP contribution in [-0.4, -0.2) is 0 Å². The van der Waals surface area contributed by atoms with Crippen LogP contribution in [0.5, 0.6) is 0 Å². The first-order valence-electron chi connectivity index (χ1n) is 16.1. The maximum Gasteiger partial charge on any atom is -0.0276 e. The standard InChI is InChI=1S/C21H28.C20H26/c1-18(2)17-21(15-13-19-9-5-3-6-10-19)16-14-20-11-7-4-8-12-20;1-17(2)20(15-13-18-9-5-3-6-10-18)16-14-19-11-7-4-8-12-19/h3-12,18,21H,13-17H2,1-2H3;3-12,17,20H,13-16H2,1-2H3. The first-order chi connectivity index (χ1) is 20.0. The van der Waals surface area contributed by atoms with Gasteiger partial charge in [-0.3, -0.25) is 0 Å². The van der Waals surface area contributed by atoms with Crippen LogP contribution >= 0.6 is 0 Å². The lowest BCUT2D eigenvalue weighted by atomic mass is 9.85. The smallest absolute Gasteiger partial charge is 0.0276 e. The van der Waals surface area contributed by atoms with Gasteiger partial charge in [-0.25, -0.2) is 0 Å². The van der Waals surface area contributed by atoms with E-state index in [9.17, 15) is 0 Å². The van der Waals surface area contributed by atoms with Crippen molar-refractivity contribution in [2.45, 2.75) is 85.5 Å². The van der Waals surface area contributed by atoms with Crippen molar-refractivity contribution in [1.29, 1.82) is 0 Å². The van der Waals surface area contributed by atoms with E-state index < -0.39 is 0 Å². The Morgan fingerprint density at radius 3 is 0.951 bits per heavy atom. The van der Waals surface area contributed by atoms with Crippen molar-refractivity contribution in [3.8, 4) is 0 Å². The molecule has 0 heterocycles. The Hall–Kier alpha value is -3.12. The van der Waals surface area contributed by atoms with Crippen molar-refractivity contribution >= 4 is 0 Å². The predicted molar refractivity (Wildman–Crippen MR) is 180 cm³/mol. The lowest BCUT2D eigenvalue weighted by Crippen LogP contribution is -2.11. The summed E-state index contributed by atoms with van der Waals surface area (Å²) in [5.41, 5.74) is 5.90. The zero-order valence-electron chi connectivity index (χ0n) is 26.2. The number of hydrogen-bond donors (Lipinski definition) is 0. The fourth-order valence-corrected chi connectivity index (χ4v) is 5.88. The van der Waals surface area contributed by atoms with Gasteiger partial charge in [-0.15, -0.1) is 0 Å². The minimum Gasteiger partial charge on any atom is -0.0628 e. The molecule has 0 bridgehead atoms. The lowest BCUT2D eigenvalue weighted by molar-refractivity contribution is 0.337. The maximum atomic E-state index is 2.36. The molecular weight excluding hydrogens is 492 g/mol. The van der Waals surface area contributed by atoms with Crippen molar-refractivity contribution in [2.24, 2.45) is 23.7 Å². The Balaban J connectivity index is 0.000000226. The number of benzene rings is 4. The van der Waals surface area contributed by atoms with E-state index >= 15 is 0 Å². The van der Waals surface area contributed by atoms with E-state index in [1.165, 1.54) is 80.0 Å². The van der Waals surface area contributed by atoms with Crippen LogP contribution in [0, 0.1) is 23.7 Å². The summed E-state index contributed by atoms with van der Waals surface area (Å²) >= 11 is 0. The third kappa shape index (κ3) is 13.9. The minimum absolute atomic E-state index is 0.766. The summed E-state index contributed by atoms with van der Waals surface area (Å²) in [6, 6.07) is 43.6. The van der Waals surface area contributed by atoms with Gasteiger partial charge in [0.2, 0.25) is 0 Å². The van der Waals surface area contributed by atoms with Gasteiger partial charge in [0.25, 0.3) is 0 Å². The van der Waals surface area contributed by atoms with Crippen LogP contribution in [-0.2, 0) is 25.7 Å². The SMILES string of the molecule is CC(C)C(CCc1ccccc1)CCc1ccccc1.CC(C)CC(CCc1ccccc1)CCc1ccccc1. The Bertz CT molecular complexity index is 1060. The largest absolute Gasteiger partial charge is 0.0628 e. The van der Waals surface area contributed by atoms with E-state index in [2.05, 4.69) is 149 Å². The lowest BCUT2D eigenvalue weighted by Gasteiger charge is -2.21. The molecule has 4 aromatic rings. The first-order valence-corrected chi connectivity index (χ1v) is 16.1. The van der Waals surface area contributed by atoms with Gasteiger partial charge in [-0.1, -0.05) is 149 Å². The van der Waals surface area contributed by atoms with Gasteiger partial charge >= 0.3 is 0 Å². The summed E-state index contributed by atoms with van der Waals surface area (Å²) in [4.78, 5) is 0. The molecule has 0 aromatic heterocycles. The molecule has 4 aromatic carbocycles. The van der Waals surface area contributed by atoms with Crippen LogP contribution in [0.1, 0.15) is 82.1 Å². The fourth-order valence-electron chi connectivity index (χ4n) is 5.88. The highest BCUT2D eigenvalue weighted by Crippen LogP contribution is 2.25.